The molecule has 0 radical (unpaired) electrons. The van der Waals surface area contributed by atoms with Crippen molar-refractivity contribution in [2.45, 2.75) is 6.54 Å². The lowest BCUT2D eigenvalue weighted by Gasteiger charge is -2.16. The van der Waals surface area contributed by atoms with Crippen molar-refractivity contribution in [3.63, 3.8) is 0 Å². The summed E-state index contributed by atoms with van der Waals surface area (Å²) in [4.78, 5) is 12.6. The standard InChI is InChI=1S/C14H15NO4/c1-15(13-8-7-12(19-13)14(16)17)9-10-3-5-11(18-2)6-4-10/h3-8H,9H2,1-2H3,(H,16,17). The van der Waals surface area contributed by atoms with Crippen LogP contribution in [0, 0.1) is 0 Å². The van der Waals surface area contributed by atoms with Crippen molar-refractivity contribution in [3.8, 4) is 5.75 Å². The van der Waals surface area contributed by atoms with Gasteiger partial charge in [0.15, 0.2) is 5.88 Å². The summed E-state index contributed by atoms with van der Waals surface area (Å²) in [5.41, 5.74) is 1.08. The molecule has 5 nitrogen and oxygen atoms in total. The molecular formula is C14H15NO4. The molecule has 5 heteroatoms. The first-order valence-corrected chi connectivity index (χ1v) is 5.77. The van der Waals surface area contributed by atoms with Crippen LogP contribution < -0.4 is 9.64 Å². The zero-order valence-electron chi connectivity index (χ0n) is 10.8. The third-order valence-electron chi connectivity index (χ3n) is 2.76. The molecular weight excluding hydrogens is 246 g/mol. The van der Waals surface area contributed by atoms with Crippen LogP contribution in [-0.4, -0.2) is 25.2 Å². The number of hydrogen-bond acceptors (Lipinski definition) is 4. The summed E-state index contributed by atoms with van der Waals surface area (Å²) in [6.07, 6.45) is 0. The Morgan fingerprint density at radius 2 is 1.95 bits per heavy atom. The van der Waals surface area contributed by atoms with E-state index in [2.05, 4.69) is 0 Å². The molecule has 19 heavy (non-hydrogen) atoms. The number of nitrogens with zero attached hydrogens (tertiary/aromatic N) is 1. The van der Waals surface area contributed by atoms with Gasteiger partial charge in [-0.2, -0.15) is 0 Å². The topological polar surface area (TPSA) is 62.9 Å². The second kappa shape index (κ2) is 5.48. The van der Waals surface area contributed by atoms with E-state index in [9.17, 15) is 4.79 Å². The fourth-order valence-electron chi connectivity index (χ4n) is 1.73. The number of ether oxygens (including phenoxy) is 1. The number of methoxy groups -OCH3 is 1. The number of carboxylic acids is 1. The highest BCUT2D eigenvalue weighted by molar-refractivity contribution is 5.84. The monoisotopic (exact) mass is 261 g/mol. The van der Waals surface area contributed by atoms with Crippen LogP contribution in [0.5, 0.6) is 5.75 Å². The van der Waals surface area contributed by atoms with Gasteiger partial charge < -0.3 is 19.2 Å². The van der Waals surface area contributed by atoms with Crippen molar-refractivity contribution >= 4 is 11.9 Å². The van der Waals surface area contributed by atoms with Crippen LogP contribution in [0.3, 0.4) is 0 Å². The molecule has 100 valence electrons. The van der Waals surface area contributed by atoms with Crippen molar-refractivity contribution in [1.82, 2.24) is 0 Å². The average molecular weight is 261 g/mol. The lowest BCUT2D eigenvalue weighted by Crippen LogP contribution is -2.15. The van der Waals surface area contributed by atoms with E-state index in [-0.39, 0.29) is 5.76 Å². The van der Waals surface area contributed by atoms with Gasteiger partial charge in [-0.3, -0.25) is 0 Å². The number of aromatic carboxylic acids is 1. The fourth-order valence-corrected chi connectivity index (χ4v) is 1.73. The number of hydrogen-bond donors (Lipinski definition) is 1. The van der Waals surface area contributed by atoms with Gasteiger partial charge in [-0.15, -0.1) is 0 Å². The minimum atomic E-state index is -1.07. The van der Waals surface area contributed by atoms with Gasteiger partial charge in [0.05, 0.1) is 7.11 Å². The van der Waals surface area contributed by atoms with Crippen LogP contribution in [0.1, 0.15) is 16.1 Å². The Morgan fingerprint density at radius 3 is 2.47 bits per heavy atom. The normalized spacial score (nSPS) is 10.2. The Labute approximate surface area is 111 Å². The van der Waals surface area contributed by atoms with Crippen LogP contribution >= 0.6 is 0 Å². The van der Waals surface area contributed by atoms with Gasteiger partial charge in [0.25, 0.3) is 0 Å². The fraction of sp³-hybridized carbons (Fsp3) is 0.214. The second-order valence-corrected chi connectivity index (χ2v) is 4.15. The molecule has 1 heterocycles. The summed E-state index contributed by atoms with van der Waals surface area (Å²) >= 11 is 0. The summed E-state index contributed by atoms with van der Waals surface area (Å²) in [6.45, 7) is 0.622. The van der Waals surface area contributed by atoms with E-state index in [4.69, 9.17) is 14.3 Å². The van der Waals surface area contributed by atoms with Gasteiger partial charge >= 0.3 is 5.97 Å². The Hall–Kier alpha value is -2.43. The molecule has 0 atom stereocenters. The van der Waals surface area contributed by atoms with Crippen molar-refractivity contribution in [2.24, 2.45) is 0 Å². The van der Waals surface area contributed by atoms with Crippen molar-refractivity contribution in [1.29, 1.82) is 0 Å². The molecule has 0 aliphatic rings. The van der Waals surface area contributed by atoms with Crippen molar-refractivity contribution in [2.75, 3.05) is 19.1 Å². The molecule has 1 aromatic heterocycles. The zero-order chi connectivity index (χ0) is 13.8. The van der Waals surface area contributed by atoms with E-state index >= 15 is 0 Å². The highest BCUT2D eigenvalue weighted by atomic mass is 16.5. The molecule has 2 aromatic rings. The predicted molar refractivity (Wildman–Crippen MR) is 70.8 cm³/mol. The molecule has 2 rings (SSSR count). The highest BCUT2D eigenvalue weighted by Crippen LogP contribution is 2.20. The third kappa shape index (κ3) is 3.07. The molecule has 0 bridgehead atoms. The molecule has 0 spiro atoms. The van der Waals surface area contributed by atoms with E-state index in [1.165, 1.54) is 6.07 Å². The first-order chi connectivity index (χ1) is 9.10. The van der Waals surface area contributed by atoms with Crippen LogP contribution in [0.4, 0.5) is 5.88 Å². The molecule has 1 aromatic carbocycles. The molecule has 0 fully saturated rings. The molecule has 0 aliphatic carbocycles. The first kappa shape index (κ1) is 13.0. The molecule has 1 N–H and O–H groups in total. The van der Waals surface area contributed by atoms with Gasteiger partial charge in [-0.1, -0.05) is 12.1 Å². The van der Waals surface area contributed by atoms with Crippen LogP contribution in [0.2, 0.25) is 0 Å². The Kier molecular flexibility index (Phi) is 3.75. The minimum Gasteiger partial charge on any atom is -0.497 e. The van der Waals surface area contributed by atoms with Crippen LogP contribution in [-0.2, 0) is 6.54 Å². The zero-order valence-corrected chi connectivity index (χ0v) is 10.8. The molecule has 0 amide bonds. The van der Waals surface area contributed by atoms with E-state index in [0.29, 0.717) is 12.4 Å². The smallest absolute Gasteiger partial charge is 0.371 e. The first-order valence-electron chi connectivity index (χ1n) is 5.77. The van der Waals surface area contributed by atoms with Crippen LogP contribution in [0.25, 0.3) is 0 Å². The molecule has 0 saturated carbocycles. The second-order valence-electron chi connectivity index (χ2n) is 4.15. The number of carboxylic acid groups (broad SMARTS) is 1. The maximum Gasteiger partial charge on any atom is 0.371 e. The number of carbonyl (C=O) groups is 1. The largest absolute Gasteiger partial charge is 0.497 e. The van der Waals surface area contributed by atoms with Gasteiger partial charge in [0, 0.05) is 19.7 Å². The molecule has 0 saturated heterocycles. The Balaban J connectivity index is 2.06. The predicted octanol–water partition coefficient (Wildman–Crippen LogP) is 2.62. The summed E-state index contributed by atoms with van der Waals surface area (Å²) in [5, 5.41) is 8.80. The number of anilines is 1. The quantitative estimate of drug-likeness (QED) is 0.896. The highest BCUT2D eigenvalue weighted by Gasteiger charge is 2.12. The van der Waals surface area contributed by atoms with Gasteiger partial charge in [0.1, 0.15) is 5.75 Å². The maximum absolute atomic E-state index is 10.7. The summed E-state index contributed by atoms with van der Waals surface area (Å²) in [6, 6.07) is 10.8. The van der Waals surface area contributed by atoms with E-state index in [1.807, 2.05) is 36.2 Å². The van der Waals surface area contributed by atoms with Gasteiger partial charge in [0.2, 0.25) is 5.76 Å². The van der Waals surface area contributed by atoms with E-state index in [0.717, 1.165) is 11.3 Å². The average Bonchev–Trinajstić information content (AvgIpc) is 2.89. The molecule has 0 unspecified atom stereocenters. The van der Waals surface area contributed by atoms with Crippen molar-refractivity contribution in [3.05, 3.63) is 47.7 Å². The van der Waals surface area contributed by atoms with Gasteiger partial charge in [-0.05, 0) is 23.8 Å². The Morgan fingerprint density at radius 1 is 1.26 bits per heavy atom. The van der Waals surface area contributed by atoms with Crippen LogP contribution in [0.15, 0.2) is 40.8 Å². The van der Waals surface area contributed by atoms with E-state index in [1.54, 1.807) is 13.2 Å². The number of benzene rings is 1. The van der Waals surface area contributed by atoms with E-state index < -0.39 is 5.97 Å². The number of furan rings is 1. The molecule has 0 aliphatic heterocycles. The van der Waals surface area contributed by atoms with Crippen molar-refractivity contribution < 1.29 is 19.1 Å². The minimum absolute atomic E-state index is 0.0587. The third-order valence-corrected chi connectivity index (χ3v) is 2.76. The lowest BCUT2D eigenvalue weighted by molar-refractivity contribution is 0.0663. The SMILES string of the molecule is COc1ccc(CN(C)c2ccc(C(=O)O)o2)cc1. The van der Waals surface area contributed by atoms with Gasteiger partial charge in [-0.25, -0.2) is 4.79 Å². The number of rotatable bonds is 5. The summed E-state index contributed by atoms with van der Waals surface area (Å²) in [7, 11) is 3.46. The Bertz CT molecular complexity index is 559. The summed E-state index contributed by atoms with van der Waals surface area (Å²) in [5.74, 6) is 0.200. The maximum atomic E-state index is 10.7. The summed E-state index contributed by atoms with van der Waals surface area (Å²) < 4.78 is 10.3. The lowest BCUT2D eigenvalue weighted by atomic mass is 10.2.